The second-order valence-electron chi connectivity index (χ2n) is 5.90. The molecule has 0 radical (unpaired) electrons. The number of hydrogen-bond donors (Lipinski definition) is 1. The third kappa shape index (κ3) is 3.96. The van der Waals surface area contributed by atoms with Crippen molar-refractivity contribution in [2.75, 3.05) is 24.4 Å². The molecule has 0 aliphatic carbocycles. The van der Waals surface area contributed by atoms with E-state index in [-0.39, 0.29) is 17.2 Å². The molecule has 2 aromatic carbocycles. The zero-order valence-electron chi connectivity index (χ0n) is 14.2. The summed E-state index contributed by atoms with van der Waals surface area (Å²) in [6.07, 6.45) is 0. The van der Waals surface area contributed by atoms with Crippen molar-refractivity contribution < 1.29 is 22.3 Å². The van der Waals surface area contributed by atoms with E-state index < -0.39 is 21.6 Å². The Balaban J connectivity index is 1.84. The number of halogens is 1. The average Bonchev–Trinajstić information content (AvgIpc) is 2.75. The Bertz CT molecular complexity index is 931. The average molecular weight is 378 g/mol. The van der Waals surface area contributed by atoms with Crippen LogP contribution in [-0.4, -0.2) is 38.9 Å². The van der Waals surface area contributed by atoms with Crippen molar-refractivity contribution in [2.24, 2.45) is 0 Å². The number of sulfonamides is 1. The van der Waals surface area contributed by atoms with Crippen LogP contribution >= 0.6 is 0 Å². The summed E-state index contributed by atoms with van der Waals surface area (Å²) < 4.78 is 46.4. The normalized spacial score (nSPS) is 14.4. The lowest BCUT2D eigenvalue weighted by atomic mass is 10.1. The number of anilines is 1. The molecule has 0 saturated heterocycles. The molecule has 1 aliphatic rings. The van der Waals surface area contributed by atoms with Gasteiger partial charge in [0.2, 0.25) is 10.0 Å². The maximum Gasteiger partial charge on any atom is 0.257 e. The van der Waals surface area contributed by atoms with Gasteiger partial charge in [0.25, 0.3) is 5.91 Å². The molecule has 1 heterocycles. The minimum atomic E-state index is -3.84. The van der Waals surface area contributed by atoms with Crippen molar-refractivity contribution >= 4 is 21.6 Å². The highest BCUT2D eigenvalue weighted by Gasteiger charge is 2.23. The van der Waals surface area contributed by atoms with Gasteiger partial charge in [0, 0.05) is 17.8 Å². The number of likely N-dealkylation sites (N-methyl/N-ethyl adjacent to an activating group) is 1. The van der Waals surface area contributed by atoms with Crippen molar-refractivity contribution in [3.05, 3.63) is 59.4 Å². The first-order chi connectivity index (χ1) is 12.4. The summed E-state index contributed by atoms with van der Waals surface area (Å²) in [5.41, 5.74) is 0.608. The number of nitrogens with zero attached hydrogens (tertiary/aromatic N) is 1. The molecule has 3 rings (SSSR count). The van der Waals surface area contributed by atoms with Gasteiger partial charge in [-0.15, -0.1) is 0 Å². The van der Waals surface area contributed by atoms with Gasteiger partial charge in [0.1, 0.15) is 18.2 Å². The molecule has 138 valence electrons. The van der Waals surface area contributed by atoms with Crippen molar-refractivity contribution in [3.63, 3.8) is 0 Å². The molecule has 0 bridgehead atoms. The maximum atomic E-state index is 13.7. The summed E-state index contributed by atoms with van der Waals surface area (Å²) >= 11 is 0. The molecular weight excluding hydrogens is 359 g/mol. The molecule has 1 N–H and O–H groups in total. The van der Waals surface area contributed by atoms with Crippen LogP contribution in [0.2, 0.25) is 0 Å². The summed E-state index contributed by atoms with van der Waals surface area (Å²) in [5.74, 6) is -0.873. The molecule has 1 aliphatic heterocycles. The third-order valence-electron chi connectivity index (χ3n) is 4.07. The molecule has 26 heavy (non-hydrogen) atoms. The monoisotopic (exact) mass is 378 g/mol. The molecule has 0 unspecified atom stereocenters. The summed E-state index contributed by atoms with van der Waals surface area (Å²) in [6.45, 7) is 3.25. The number of carbonyl (C=O) groups excluding carboxylic acids is 1. The zero-order valence-corrected chi connectivity index (χ0v) is 15.1. The Hall–Kier alpha value is -2.61. The van der Waals surface area contributed by atoms with Gasteiger partial charge in [-0.05, 0) is 31.2 Å². The fourth-order valence-corrected chi connectivity index (χ4v) is 3.96. The summed E-state index contributed by atoms with van der Waals surface area (Å²) in [4.78, 5) is 14.2. The van der Waals surface area contributed by atoms with Gasteiger partial charge in [-0.25, -0.2) is 12.8 Å². The van der Waals surface area contributed by atoms with E-state index in [1.165, 1.54) is 30.3 Å². The van der Waals surface area contributed by atoms with Gasteiger partial charge in [0.05, 0.1) is 17.9 Å². The van der Waals surface area contributed by atoms with Crippen LogP contribution in [0.5, 0.6) is 5.75 Å². The Labute approximate surface area is 151 Å². The zero-order chi connectivity index (χ0) is 18.7. The van der Waals surface area contributed by atoms with Gasteiger partial charge in [-0.2, -0.15) is 0 Å². The second-order valence-corrected chi connectivity index (χ2v) is 7.62. The van der Waals surface area contributed by atoms with Crippen molar-refractivity contribution in [3.8, 4) is 5.75 Å². The number of hydrogen-bond acceptors (Lipinski definition) is 4. The Morgan fingerprint density at radius 3 is 2.73 bits per heavy atom. The van der Waals surface area contributed by atoms with Crippen LogP contribution in [0.4, 0.5) is 10.1 Å². The van der Waals surface area contributed by atoms with Gasteiger partial charge >= 0.3 is 0 Å². The lowest BCUT2D eigenvalue weighted by molar-refractivity contribution is 0.0765. The Kier molecular flexibility index (Phi) is 5.13. The Morgan fingerprint density at radius 1 is 1.23 bits per heavy atom. The highest BCUT2D eigenvalue weighted by molar-refractivity contribution is 7.91. The highest BCUT2D eigenvalue weighted by atomic mass is 32.2. The van der Waals surface area contributed by atoms with Gasteiger partial charge in [-0.3, -0.25) is 9.52 Å². The minimum absolute atomic E-state index is 0.0753. The predicted molar refractivity (Wildman–Crippen MR) is 96.2 cm³/mol. The summed E-state index contributed by atoms with van der Waals surface area (Å²) in [6, 6.07) is 10.2. The molecule has 0 atom stereocenters. The number of rotatable bonds is 5. The quantitative estimate of drug-likeness (QED) is 0.868. The van der Waals surface area contributed by atoms with Crippen molar-refractivity contribution in [2.45, 2.75) is 12.7 Å². The van der Waals surface area contributed by atoms with E-state index in [4.69, 9.17) is 4.74 Å². The number of fused-ring (bicyclic) bond motifs is 1. The van der Waals surface area contributed by atoms with E-state index in [0.717, 1.165) is 0 Å². The smallest absolute Gasteiger partial charge is 0.257 e. The van der Waals surface area contributed by atoms with Gasteiger partial charge < -0.3 is 9.64 Å². The molecule has 0 fully saturated rings. The van der Waals surface area contributed by atoms with Crippen molar-refractivity contribution in [1.29, 1.82) is 0 Å². The largest absolute Gasteiger partial charge is 0.491 e. The van der Waals surface area contributed by atoms with Crippen molar-refractivity contribution in [1.82, 2.24) is 4.90 Å². The highest BCUT2D eigenvalue weighted by Crippen LogP contribution is 2.27. The third-order valence-corrected chi connectivity index (χ3v) is 5.31. The number of amides is 1. The van der Waals surface area contributed by atoms with E-state index in [0.29, 0.717) is 31.0 Å². The molecule has 8 heteroatoms. The lowest BCUT2D eigenvalue weighted by Gasteiger charge is -2.17. The molecular formula is C18H19FN2O4S. The summed E-state index contributed by atoms with van der Waals surface area (Å²) in [5, 5.41) is 0. The topological polar surface area (TPSA) is 75.7 Å². The second kappa shape index (κ2) is 7.33. The SMILES string of the molecule is CCN1CCOc2ccc(NS(=O)(=O)Cc3ccccc3F)cc2C1=O. The van der Waals surface area contributed by atoms with Crippen LogP contribution in [0, 0.1) is 5.82 Å². The number of nitrogens with one attached hydrogen (secondary N) is 1. The van der Waals surface area contributed by atoms with Gasteiger partial charge in [-0.1, -0.05) is 18.2 Å². The van der Waals surface area contributed by atoms with E-state index in [2.05, 4.69) is 4.72 Å². The van der Waals surface area contributed by atoms with E-state index in [1.54, 1.807) is 17.0 Å². The maximum absolute atomic E-state index is 13.7. The van der Waals surface area contributed by atoms with Crippen LogP contribution in [0.1, 0.15) is 22.8 Å². The number of benzene rings is 2. The van der Waals surface area contributed by atoms with Crippen LogP contribution in [0.15, 0.2) is 42.5 Å². The first kappa shape index (κ1) is 18.2. The van der Waals surface area contributed by atoms with E-state index in [1.807, 2.05) is 6.92 Å². The molecule has 2 aromatic rings. The van der Waals surface area contributed by atoms with Crippen LogP contribution in [0.25, 0.3) is 0 Å². The Morgan fingerprint density at radius 2 is 2.00 bits per heavy atom. The number of carbonyl (C=O) groups is 1. The first-order valence-electron chi connectivity index (χ1n) is 8.19. The molecule has 1 amide bonds. The molecule has 0 saturated carbocycles. The van der Waals surface area contributed by atoms with Crippen LogP contribution < -0.4 is 9.46 Å². The van der Waals surface area contributed by atoms with Crippen LogP contribution in [0.3, 0.4) is 0 Å². The first-order valence-corrected chi connectivity index (χ1v) is 9.85. The lowest BCUT2D eigenvalue weighted by Crippen LogP contribution is -2.32. The van der Waals surface area contributed by atoms with E-state index in [9.17, 15) is 17.6 Å². The fourth-order valence-electron chi connectivity index (χ4n) is 2.76. The molecule has 0 aromatic heterocycles. The predicted octanol–water partition coefficient (Wildman–Crippen LogP) is 2.62. The van der Waals surface area contributed by atoms with Gasteiger partial charge in [0.15, 0.2) is 0 Å². The molecule has 0 spiro atoms. The molecule has 6 nitrogen and oxygen atoms in total. The minimum Gasteiger partial charge on any atom is -0.491 e. The van der Waals surface area contributed by atoms with E-state index >= 15 is 0 Å². The van der Waals surface area contributed by atoms with Crippen LogP contribution in [-0.2, 0) is 15.8 Å². The summed E-state index contributed by atoms with van der Waals surface area (Å²) in [7, 11) is -3.84. The number of ether oxygens (including phenoxy) is 1. The fraction of sp³-hybridized carbons (Fsp3) is 0.278. The standard InChI is InChI=1S/C18H19FN2O4S/c1-2-21-9-10-25-17-8-7-14(11-15(17)18(21)22)20-26(23,24)12-13-5-3-4-6-16(13)19/h3-8,11,20H,2,9-10,12H2,1H3.